The van der Waals surface area contributed by atoms with Crippen LogP contribution in [0, 0.1) is 0 Å². The van der Waals surface area contributed by atoms with Crippen molar-refractivity contribution in [3.8, 4) is 0 Å². The second-order valence-corrected chi connectivity index (χ2v) is 6.27. The Labute approximate surface area is 116 Å². The molecule has 17 heavy (non-hydrogen) atoms. The number of rotatable bonds is 3. The van der Waals surface area contributed by atoms with Crippen LogP contribution in [0.2, 0.25) is 0 Å². The van der Waals surface area contributed by atoms with Crippen LogP contribution in [0.5, 0.6) is 0 Å². The minimum absolute atomic E-state index is 0. The lowest BCUT2D eigenvalue weighted by molar-refractivity contribution is 0.796. The van der Waals surface area contributed by atoms with E-state index in [1.165, 1.54) is 21.2 Å². The fourth-order valence-electron chi connectivity index (χ4n) is 1.87. The van der Waals surface area contributed by atoms with E-state index in [2.05, 4.69) is 69.6 Å². The lowest BCUT2D eigenvalue weighted by Gasteiger charge is -2.19. The minimum atomic E-state index is 0. The van der Waals surface area contributed by atoms with Crippen molar-refractivity contribution in [2.24, 2.45) is 0 Å². The Kier molecular flexibility index (Phi) is 6.47. The molecule has 0 bridgehead atoms. The third-order valence-electron chi connectivity index (χ3n) is 3.06. The van der Waals surface area contributed by atoms with Gasteiger partial charge in [-0.05, 0) is 34.4 Å². The summed E-state index contributed by atoms with van der Waals surface area (Å²) in [5.74, 6) is 1.75. The highest BCUT2D eigenvalue weighted by Crippen LogP contribution is 2.35. The molecule has 1 rings (SSSR count). The highest BCUT2D eigenvalue weighted by molar-refractivity contribution is 9.10. The third kappa shape index (κ3) is 3.84. The summed E-state index contributed by atoms with van der Waals surface area (Å²) in [5, 5.41) is 0. The summed E-state index contributed by atoms with van der Waals surface area (Å²) in [6.07, 6.45) is 0. The van der Waals surface area contributed by atoms with E-state index < -0.39 is 0 Å². The lowest BCUT2D eigenvalue weighted by Crippen LogP contribution is -2.00. The van der Waals surface area contributed by atoms with Crippen LogP contribution >= 0.6 is 15.9 Å². The molecule has 0 saturated heterocycles. The van der Waals surface area contributed by atoms with E-state index in [0.29, 0.717) is 17.8 Å². The first-order chi connectivity index (χ1) is 7.34. The molecule has 1 heteroatoms. The number of halogens is 1. The Morgan fingerprint density at radius 1 is 0.765 bits per heavy atom. The van der Waals surface area contributed by atoms with Gasteiger partial charge in [0.2, 0.25) is 0 Å². The van der Waals surface area contributed by atoms with Gasteiger partial charge in [-0.25, -0.2) is 0 Å². The van der Waals surface area contributed by atoms with Crippen LogP contribution in [0.15, 0.2) is 16.6 Å². The Morgan fingerprint density at radius 3 is 1.35 bits per heavy atom. The molecule has 0 spiro atoms. The molecule has 0 amide bonds. The third-order valence-corrected chi connectivity index (χ3v) is 3.98. The zero-order valence-electron chi connectivity index (χ0n) is 11.3. The van der Waals surface area contributed by atoms with Crippen molar-refractivity contribution in [3.63, 3.8) is 0 Å². The minimum Gasteiger partial charge on any atom is -0.0776 e. The number of benzene rings is 1. The van der Waals surface area contributed by atoms with Crippen LogP contribution in [0.4, 0.5) is 0 Å². The van der Waals surface area contributed by atoms with E-state index in [4.69, 9.17) is 0 Å². The lowest BCUT2D eigenvalue weighted by atomic mass is 9.90. The summed E-state index contributed by atoms with van der Waals surface area (Å²) in [6, 6.07) is 4.70. The van der Waals surface area contributed by atoms with Crippen molar-refractivity contribution in [1.29, 1.82) is 0 Å². The van der Waals surface area contributed by atoms with Crippen molar-refractivity contribution in [3.05, 3.63) is 33.3 Å². The summed E-state index contributed by atoms with van der Waals surface area (Å²) in [7, 11) is 0. The molecular weight excluding hydrogens is 272 g/mol. The van der Waals surface area contributed by atoms with Crippen LogP contribution in [0.25, 0.3) is 0 Å². The predicted molar refractivity (Wildman–Crippen MR) is 83.1 cm³/mol. The fraction of sp³-hybridized carbons (Fsp3) is 0.625. The molecule has 0 atom stereocenters. The highest BCUT2D eigenvalue weighted by Gasteiger charge is 2.14. The zero-order chi connectivity index (χ0) is 12.5. The molecule has 0 aliphatic rings. The van der Waals surface area contributed by atoms with E-state index in [0.717, 1.165) is 0 Å². The topological polar surface area (TPSA) is 0 Å². The standard InChI is InChI=1S/C15H23Br.CH4/c1-9(2)12-7-13(10(3)4)15(16)14(8-12)11(5)6;/h7-11H,1-6H3;1H4. The van der Waals surface area contributed by atoms with Gasteiger partial charge in [0, 0.05) is 4.47 Å². The van der Waals surface area contributed by atoms with Crippen molar-refractivity contribution in [2.75, 3.05) is 0 Å². The fourth-order valence-corrected chi connectivity index (χ4v) is 3.01. The smallest absolute Gasteiger partial charge is 0.0244 e. The van der Waals surface area contributed by atoms with Crippen LogP contribution in [0.1, 0.15) is 83.4 Å². The molecular formula is C16H27Br. The highest BCUT2D eigenvalue weighted by atomic mass is 79.9. The molecule has 1 aromatic rings. The molecule has 0 radical (unpaired) electrons. The van der Waals surface area contributed by atoms with Gasteiger partial charge in [0.05, 0.1) is 0 Å². The molecule has 98 valence electrons. The summed E-state index contributed by atoms with van der Waals surface area (Å²) in [5.41, 5.74) is 4.33. The van der Waals surface area contributed by atoms with Gasteiger partial charge >= 0.3 is 0 Å². The summed E-state index contributed by atoms with van der Waals surface area (Å²) < 4.78 is 1.31. The maximum absolute atomic E-state index is 3.77. The van der Waals surface area contributed by atoms with Gasteiger partial charge in [0.15, 0.2) is 0 Å². The average Bonchev–Trinajstić information content (AvgIpc) is 2.16. The molecule has 0 N–H and O–H groups in total. The van der Waals surface area contributed by atoms with E-state index in [1.54, 1.807) is 0 Å². The molecule has 0 fully saturated rings. The van der Waals surface area contributed by atoms with Gasteiger partial charge in [0.1, 0.15) is 0 Å². The monoisotopic (exact) mass is 298 g/mol. The zero-order valence-corrected chi connectivity index (χ0v) is 12.9. The maximum Gasteiger partial charge on any atom is 0.0244 e. The van der Waals surface area contributed by atoms with Gasteiger partial charge < -0.3 is 0 Å². The van der Waals surface area contributed by atoms with Gasteiger partial charge in [-0.3, -0.25) is 0 Å². The van der Waals surface area contributed by atoms with Crippen LogP contribution < -0.4 is 0 Å². The van der Waals surface area contributed by atoms with E-state index >= 15 is 0 Å². The Balaban J connectivity index is 0.00000256. The van der Waals surface area contributed by atoms with Gasteiger partial charge in [-0.2, -0.15) is 0 Å². The van der Waals surface area contributed by atoms with Gasteiger partial charge in [-0.15, -0.1) is 0 Å². The van der Waals surface area contributed by atoms with E-state index in [1.807, 2.05) is 0 Å². The van der Waals surface area contributed by atoms with Gasteiger partial charge in [-0.1, -0.05) is 77.0 Å². The van der Waals surface area contributed by atoms with Crippen molar-refractivity contribution in [1.82, 2.24) is 0 Å². The summed E-state index contributed by atoms with van der Waals surface area (Å²) in [4.78, 5) is 0. The first-order valence-corrected chi connectivity index (χ1v) is 6.97. The second kappa shape index (κ2) is 6.58. The molecule has 0 aliphatic carbocycles. The Hall–Kier alpha value is -0.300. The normalized spacial score (nSPS) is 11.2. The number of hydrogen-bond donors (Lipinski definition) is 0. The maximum atomic E-state index is 3.77. The Morgan fingerprint density at radius 2 is 1.12 bits per heavy atom. The van der Waals surface area contributed by atoms with Gasteiger partial charge in [0.25, 0.3) is 0 Å². The molecule has 0 saturated carbocycles. The van der Waals surface area contributed by atoms with Crippen LogP contribution in [-0.4, -0.2) is 0 Å². The largest absolute Gasteiger partial charge is 0.0776 e. The molecule has 0 heterocycles. The predicted octanol–water partition coefficient (Wildman–Crippen LogP) is 6.46. The molecule has 0 nitrogen and oxygen atoms in total. The van der Waals surface area contributed by atoms with E-state index in [-0.39, 0.29) is 7.43 Å². The van der Waals surface area contributed by atoms with Crippen molar-refractivity contribution < 1.29 is 0 Å². The first kappa shape index (κ1) is 16.7. The summed E-state index contributed by atoms with van der Waals surface area (Å²) in [6.45, 7) is 13.6. The first-order valence-electron chi connectivity index (χ1n) is 6.17. The van der Waals surface area contributed by atoms with Crippen LogP contribution in [0.3, 0.4) is 0 Å². The molecule has 0 aromatic heterocycles. The molecule has 1 aromatic carbocycles. The quantitative estimate of drug-likeness (QED) is 0.601. The number of hydrogen-bond acceptors (Lipinski definition) is 0. The van der Waals surface area contributed by atoms with E-state index in [9.17, 15) is 0 Å². The summed E-state index contributed by atoms with van der Waals surface area (Å²) >= 11 is 3.77. The van der Waals surface area contributed by atoms with Crippen molar-refractivity contribution >= 4 is 15.9 Å². The van der Waals surface area contributed by atoms with Crippen molar-refractivity contribution in [2.45, 2.75) is 66.7 Å². The SMILES string of the molecule is C.CC(C)c1cc(C(C)C)c(Br)c(C(C)C)c1. The van der Waals surface area contributed by atoms with Crippen LogP contribution in [-0.2, 0) is 0 Å². The Bertz CT molecular complexity index is 333. The molecule has 0 aliphatic heterocycles. The second-order valence-electron chi connectivity index (χ2n) is 5.48. The molecule has 0 unspecified atom stereocenters. The average molecular weight is 299 g/mol.